The second-order valence-electron chi connectivity index (χ2n) is 5.63. The molecule has 0 amide bonds. The zero-order valence-electron chi connectivity index (χ0n) is 13.9. The van der Waals surface area contributed by atoms with E-state index >= 15 is 0 Å². The largest absolute Gasteiger partial charge is 0.490 e. The highest BCUT2D eigenvalue weighted by molar-refractivity contribution is 7.99. The summed E-state index contributed by atoms with van der Waals surface area (Å²) in [7, 11) is 0. The lowest BCUT2D eigenvalue weighted by Crippen LogP contribution is -2.05. The number of carbonyl (C=O) groups is 1. The average Bonchev–Trinajstić information content (AvgIpc) is 3.03. The molecule has 0 spiro atoms. The lowest BCUT2D eigenvalue weighted by atomic mass is 10.1. The fraction of sp³-hybridized carbons (Fsp3) is 0.222. The van der Waals surface area contributed by atoms with Crippen LogP contribution in [0.1, 0.15) is 16.8 Å². The summed E-state index contributed by atoms with van der Waals surface area (Å²) in [5, 5.41) is 12.3. The number of tetrazole rings is 1. The van der Waals surface area contributed by atoms with E-state index in [0.717, 1.165) is 12.1 Å². The van der Waals surface area contributed by atoms with Crippen molar-refractivity contribution in [2.75, 3.05) is 19.0 Å². The highest BCUT2D eigenvalue weighted by Gasteiger charge is 2.16. The summed E-state index contributed by atoms with van der Waals surface area (Å²) in [5.41, 5.74) is 1.43. The molecular weight excluding hydrogens is 352 g/mol. The first-order chi connectivity index (χ1) is 12.8. The molecule has 0 saturated heterocycles. The molecule has 0 unspecified atom stereocenters. The molecule has 1 aromatic heterocycles. The number of nitrogens with zero attached hydrogens (tertiary/aromatic N) is 4. The Kier molecular flexibility index (Phi) is 4.83. The Balaban J connectivity index is 1.47. The predicted octanol–water partition coefficient (Wildman–Crippen LogP) is 2.80. The molecule has 1 aliphatic rings. The first-order valence-electron chi connectivity index (χ1n) is 8.21. The molecule has 0 bridgehead atoms. The number of aromatic nitrogens is 4. The van der Waals surface area contributed by atoms with Crippen LogP contribution in [0.25, 0.3) is 5.69 Å². The zero-order chi connectivity index (χ0) is 17.8. The second kappa shape index (κ2) is 7.57. The molecule has 0 aliphatic carbocycles. The molecular formula is C18H16N4O3S. The first kappa shape index (κ1) is 16.6. The van der Waals surface area contributed by atoms with Crippen molar-refractivity contribution in [2.24, 2.45) is 0 Å². The Morgan fingerprint density at radius 2 is 1.88 bits per heavy atom. The normalized spacial score (nSPS) is 13.2. The Morgan fingerprint density at radius 3 is 2.73 bits per heavy atom. The minimum atomic E-state index is -0.0201. The van der Waals surface area contributed by atoms with Crippen molar-refractivity contribution in [1.29, 1.82) is 0 Å². The molecule has 7 nitrogen and oxygen atoms in total. The van der Waals surface area contributed by atoms with Crippen LogP contribution < -0.4 is 9.47 Å². The molecule has 1 aliphatic heterocycles. The summed E-state index contributed by atoms with van der Waals surface area (Å²) in [4.78, 5) is 12.6. The second-order valence-corrected chi connectivity index (χ2v) is 6.58. The molecule has 2 aromatic carbocycles. The minimum Gasteiger partial charge on any atom is -0.490 e. The van der Waals surface area contributed by atoms with Crippen LogP contribution in [-0.2, 0) is 0 Å². The van der Waals surface area contributed by atoms with Gasteiger partial charge in [-0.2, -0.15) is 4.68 Å². The Morgan fingerprint density at radius 1 is 1.08 bits per heavy atom. The van der Waals surface area contributed by atoms with Crippen molar-refractivity contribution >= 4 is 17.5 Å². The van der Waals surface area contributed by atoms with Gasteiger partial charge in [-0.25, -0.2) is 0 Å². The summed E-state index contributed by atoms with van der Waals surface area (Å²) in [6.07, 6.45) is 0.829. The molecule has 2 heterocycles. The summed E-state index contributed by atoms with van der Waals surface area (Å²) in [6.45, 7) is 1.21. The van der Waals surface area contributed by atoms with E-state index in [-0.39, 0.29) is 11.5 Å². The van der Waals surface area contributed by atoms with Gasteiger partial charge in [-0.15, -0.1) is 5.10 Å². The maximum atomic E-state index is 12.6. The van der Waals surface area contributed by atoms with E-state index in [9.17, 15) is 4.79 Å². The SMILES string of the molecule is O=C(CSc1nnnn1-c1ccccc1)c1ccc2c(c1)OCCCO2. The Labute approximate surface area is 154 Å². The van der Waals surface area contributed by atoms with E-state index in [0.29, 0.717) is 35.4 Å². The van der Waals surface area contributed by atoms with Gasteiger partial charge in [0, 0.05) is 12.0 Å². The van der Waals surface area contributed by atoms with Crippen LogP contribution in [0.3, 0.4) is 0 Å². The third-order valence-corrected chi connectivity index (χ3v) is 4.76. The van der Waals surface area contributed by atoms with Gasteiger partial charge < -0.3 is 9.47 Å². The van der Waals surface area contributed by atoms with Crippen LogP contribution in [0.4, 0.5) is 0 Å². The lowest BCUT2D eigenvalue weighted by molar-refractivity contribution is 0.102. The van der Waals surface area contributed by atoms with Gasteiger partial charge in [0.1, 0.15) is 0 Å². The van der Waals surface area contributed by atoms with Crippen LogP contribution in [-0.4, -0.2) is 45.0 Å². The van der Waals surface area contributed by atoms with Gasteiger partial charge in [-0.3, -0.25) is 4.79 Å². The molecule has 0 fully saturated rings. The van der Waals surface area contributed by atoms with Gasteiger partial charge in [0.05, 0.1) is 24.7 Å². The first-order valence-corrected chi connectivity index (χ1v) is 9.19. The van der Waals surface area contributed by atoms with Gasteiger partial charge in [0.25, 0.3) is 0 Å². The standard InChI is InChI=1S/C18H16N4O3S/c23-15(13-7-8-16-17(11-13)25-10-4-9-24-16)12-26-18-19-20-21-22(18)14-5-2-1-3-6-14/h1-3,5-8,11H,4,9-10,12H2. The number of thioether (sulfide) groups is 1. The van der Waals surface area contributed by atoms with Crippen molar-refractivity contribution in [3.8, 4) is 17.2 Å². The fourth-order valence-electron chi connectivity index (χ4n) is 2.55. The summed E-state index contributed by atoms with van der Waals surface area (Å²) >= 11 is 1.30. The fourth-order valence-corrected chi connectivity index (χ4v) is 3.34. The summed E-state index contributed by atoms with van der Waals surface area (Å²) < 4.78 is 12.9. The van der Waals surface area contributed by atoms with Crippen LogP contribution >= 0.6 is 11.8 Å². The monoisotopic (exact) mass is 368 g/mol. The number of benzene rings is 2. The molecule has 132 valence electrons. The number of carbonyl (C=O) groups excluding carboxylic acids is 1. The van der Waals surface area contributed by atoms with Crippen LogP contribution in [0.2, 0.25) is 0 Å². The van der Waals surface area contributed by atoms with Gasteiger partial charge in [-0.1, -0.05) is 30.0 Å². The number of rotatable bonds is 5. The summed E-state index contributed by atoms with van der Waals surface area (Å²) in [5.74, 6) is 1.51. The molecule has 0 radical (unpaired) electrons. The van der Waals surface area contributed by atoms with Crippen molar-refractivity contribution in [3.05, 3.63) is 54.1 Å². The lowest BCUT2D eigenvalue weighted by Gasteiger charge is -2.09. The number of para-hydroxylation sites is 1. The van der Waals surface area contributed by atoms with Crippen molar-refractivity contribution in [3.63, 3.8) is 0 Å². The van der Waals surface area contributed by atoms with E-state index in [4.69, 9.17) is 9.47 Å². The maximum absolute atomic E-state index is 12.6. The number of Topliss-reactive ketones (excluding diaryl/α,β-unsaturated/α-hetero) is 1. The molecule has 4 rings (SSSR count). The number of fused-ring (bicyclic) bond motifs is 1. The van der Waals surface area contributed by atoms with E-state index in [1.54, 1.807) is 22.9 Å². The third-order valence-electron chi connectivity index (χ3n) is 3.84. The van der Waals surface area contributed by atoms with Gasteiger partial charge in [0.2, 0.25) is 5.16 Å². The quantitative estimate of drug-likeness (QED) is 0.506. The number of hydrogen-bond acceptors (Lipinski definition) is 7. The van der Waals surface area contributed by atoms with E-state index in [1.165, 1.54) is 11.8 Å². The molecule has 3 aromatic rings. The number of ketones is 1. The Bertz CT molecular complexity index is 914. The topological polar surface area (TPSA) is 79.1 Å². The Hall–Kier alpha value is -2.87. The van der Waals surface area contributed by atoms with E-state index < -0.39 is 0 Å². The average molecular weight is 368 g/mol. The smallest absolute Gasteiger partial charge is 0.214 e. The van der Waals surface area contributed by atoms with E-state index in [2.05, 4.69) is 15.5 Å². The number of ether oxygens (including phenoxy) is 2. The van der Waals surface area contributed by atoms with Crippen molar-refractivity contribution in [1.82, 2.24) is 20.2 Å². The van der Waals surface area contributed by atoms with Gasteiger partial charge in [-0.05, 0) is 40.8 Å². The van der Waals surface area contributed by atoms with Crippen molar-refractivity contribution in [2.45, 2.75) is 11.6 Å². The maximum Gasteiger partial charge on any atom is 0.214 e. The minimum absolute atomic E-state index is 0.0201. The highest BCUT2D eigenvalue weighted by atomic mass is 32.2. The predicted molar refractivity (Wildman–Crippen MR) is 96.3 cm³/mol. The summed E-state index contributed by atoms with van der Waals surface area (Å²) in [6, 6.07) is 14.8. The molecule has 0 N–H and O–H groups in total. The molecule has 0 saturated carbocycles. The molecule has 8 heteroatoms. The van der Waals surface area contributed by atoms with Crippen LogP contribution in [0, 0.1) is 0 Å². The van der Waals surface area contributed by atoms with Crippen molar-refractivity contribution < 1.29 is 14.3 Å². The molecule has 0 atom stereocenters. The zero-order valence-corrected chi connectivity index (χ0v) is 14.7. The van der Waals surface area contributed by atoms with Crippen LogP contribution in [0.5, 0.6) is 11.5 Å². The van der Waals surface area contributed by atoms with E-state index in [1.807, 2.05) is 30.3 Å². The number of hydrogen-bond donors (Lipinski definition) is 0. The highest BCUT2D eigenvalue weighted by Crippen LogP contribution is 2.31. The van der Waals surface area contributed by atoms with Gasteiger partial charge >= 0.3 is 0 Å². The van der Waals surface area contributed by atoms with Crippen LogP contribution in [0.15, 0.2) is 53.7 Å². The molecule has 26 heavy (non-hydrogen) atoms. The third kappa shape index (κ3) is 3.55. The van der Waals surface area contributed by atoms with Gasteiger partial charge in [0.15, 0.2) is 17.3 Å².